The molecule has 0 radical (unpaired) electrons. The number of carbonyl (C=O) groups is 1. The lowest BCUT2D eigenvalue weighted by Crippen LogP contribution is -2.66. The molecule has 1 heterocycles. The molecule has 1 aromatic carbocycles. The minimum atomic E-state index is -0.157. The SMILES string of the molecule is Cc1nnn(C23CC4CC(CC(NC(=O)c5ccc(CN)cc5)(C4)C2)C3)n1.Cl. The van der Waals surface area contributed by atoms with Gasteiger partial charge in [0.25, 0.3) is 5.91 Å². The predicted molar refractivity (Wildman–Crippen MR) is 107 cm³/mol. The van der Waals surface area contributed by atoms with E-state index in [2.05, 4.69) is 20.7 Å². The Bertz CT molecular complexity index is 865. The molecular formula is C20H27ClN6O. The van der Waals surface area contributed by atoms with E-state index in [1.54, 1.807) is 0 Å². The number of tetrazole rings is 1. The third-order valence-corrected chi connectivity index (χ3v) is 6.80. The normalized spacial score (nSPS) is 32.8. The van der Waals surface area contributed by atoms with Crippen molar-refractivity contribution in [2.75, 3.05) is 0 Å². The lowest BCUT2D eigenvalue weighted by Gasteiger charge is -2.61. The molecule has 0 aliphatic heterocycles. The summed E-state index contributed by atoms with van der Waals surface area (Å²) >= 11 is 0. The standard InChI is InChI=1S/C20H26N6O.ClH/c1-13-23-25-26(24-13)20-9-15-6-16(10-20)8-19(7-15,12-20)22-18(27)17-4-2-14(11-21)3-5-17;/h2-5,15-16H,6-12,21H2,1H3,(H,22,27);1H. The van der Waals surface area contributed by atoms with E-state index in [1.165, 1.54) is 6.42 Å². The zero-order chi connectivity index (χ0) is 18.6. The van der Waals surface area contributed by atoms with Crippen LogP contribution in [0, 0.1) is 18.8 Å². The number of hydrogen-bond acceptors (Lipinski definition) is 5. The molecule has 4 saturated carbocycles. The molecule has 7 nitrogen and oxygen atoms in total. The molecule has 28 heavy (non-hydrogen) atoms. The number of nitrogens with one attached hydrogen (secondary N) is 1. The van der Waals surface area contributed by atoms with Crippen LogP contribution in [0.5, 0.6) is 0 Å². The molecule has 150 valence electrons. The summed E-state index contributed by atoms with van der Waals surface area (Å²) in [6, 6.07) is 7.60. The van der Waals surface area contributed by atoms with Gasteiger partial charge in [0.15, 0.2) is 5.82 Å². The van der Waals surface area contributed by atoms with Crippen molar-refractivity contribution in [2.45, 2.75) is 63.1 Å². The van der Waals surface area contributed by atoms with Crippen molar-refractivity contribution in [1.82, 2.24) is 25.5 Å². The molecule has 6 rings (SSSR count). The van der Waals surface area contributed by atoms with E-state index in [4.69, 9.17) is 5.73 Å². The molecule has 1 aromatic heterocycles. The Balaban J connectivity index is 0.00000192. The van der Waals surface area contributed by atoms with Gasteiger partial charge in [-0.15, -0.1) is 22.6 Å². The summed E-state index contributed by atoms with van der Waals surface area (Å²) < 4.78 is 0. The maximum Gasteiger partial charge on any atom is 0.251 e. The third kappa shape index (κ3) is 3.10. The maximum absolute atomic E-state index is 13.0. The molecule has 3 N–H and O–H groups in total. The molecular weight excluding hydrogens is 376 g/mol. The summed E-state index contributed by atoms with van der Waals surface area (Å²) in [5, 5.41) is 16.4. The summed E-state index contributed by atoms with van der Waals surface area (Å²) in [5.74, 6) is 1.97. The topological polar surface area (TPSA) is 98.7 Å². The summed E-state index contributed by atoms with van der Waals surface area (Å²) in [7, 11) is 0. The van der Waals surface area contributed by atoms with E-state index in [0.717, 1.165) is 37.7 Å². The van der Waals surface area contributed by atoms with Crippen molar-refractivity contribution in [1.29, 1.82) is 0 Å². The van der Waals surface area contributed by atoms with Crippen LogP contribution in [0.25, 0.3) is 0 Å². The highest BCUT2D eigenvalue weighted by atomic mass is 35.5. The van der Waals surface area contributed by atoms with Crippen molar-refractivity contribution in [3.63, 3.8) is 0 Å². The Morgan fingerprint density at radius 2 is 1.89 bits per heavy atom. The quantitative estimate of drug-likeness (QED) is 0.817. The van der Waals surface area contributed by atoms with Gasteiger partial charge in [0.05, 0.1) is 5.54 Å². The Morgan fingerprint density at radius 3 is 2.46 bits per heavy atom. The molecule has 4 aliphatic carbocycles. The highest BCUT2D eigenvalue weighted by molar-refractivity contribution is 5.94. The number of benzene rings is 1. The van der Waals surface area contributed by atoms with Gasteiger partial charge in [-0.25, -0.2) is 0 Å². The molecule has 0 spiro atoms. The van der Waals surface area contributed by atoms with Gasteiger partial charge in [0, 0.05) is 17.6 Å². The van der Waals surface area contributed by atoms with Crippen LogP contribution in [0.2, 0.25) is 0 Å². The molecule has 2 atom stereocenters. The van der Waals surface area contributed by atoms with E-state index in [0.29, 0.717) is 29.8 Å². The van der Waals surface area contributed by atoms with Crippen LogP contribution in [-0.2, 0) is 12.1 Å². The van der Waals surface area contributed by atoms with Gasteiger partial charge in [-0.3, -0.25) is 4.79 Å². The Kier molecular flexibility index (Phi) is 4.70. The van der Waals surface area contributed by atoms with E-state index in [-0.39, 0.29) is 29.4 Å². The second-order valence-corrected chi connectivity index (χ2v) is 8.95. The minimum Gasteiger partial charge on any atom is -0.346 e. The molecule has 2 unspecified atom stereocenters. The van der Waals surface area contributed by atoms with Crippen LogP contribution in [0.15, 0.2) is 24.3 Å². The van der Waals surface area contributed by atoms with Crippen LogP contribution in [0.4, 0.5) is 0 Å². The zero-order valence-corrected chi connectivity index (χ0v) is 16.9. The highest BCUT2D eigenvalue weighted by Gasteiger charge is 2.60. The second kappa shape index (κ2) is 6.81. The fourth-order valence-electron chi connectivity index (χ4n) is 6.18. The first-order chi connectivity index (χ1) is 13.0. The Labute approximate surface area is 170 Å². The van der Waals surface area contributed by atoms with Gasteiger partial charge in [-0.2, -0.15) is 4.80 Å². The molecule has 1 amide bonds. The van der Waals surface area contributed by atoms with Crippen molar-refractivity contribution in [3.8, 4) is 0 Å². The van der Waals surface area contributed by atoms with Crippen molar-refractivity contribution < 1.29 is 4.79 Å². The number of halogens is 1. The lowest BCUT2D eigenvalue weighted by atomic mass is 9.50. The first-order valence-electron chi connectivity index (χ1n) is 9.88. The first-order valence-corrected chi connectivity index (χ1v) is 9.88. The van der Waals surface area contributed by atoms with E-state index >= 15 is 0 Å². The number of amides is 1. The predicted octanol–water partition coefficient (Wildman–Crippen LogP) is 2.34. The van der Waals surface area contributed by atoms with Gasteiger partial charge in [0.2, 0.25) is 0 Å². The van der Waals surface area contributed by atoms with Gasteiger partial charge >= 0.3 is 0 Å². The zero-order valence-electron chi connectivity index (χ0n) is 16.1. The van der Waals surface area contributed by atoms with Crippen molar-refractivity contribution in [2.24, 2.45) is 17.6 Å². The van der Waals surface area contributed by atoms with Crippen molar-refractivity contribution in [3.05, 3.63) is 41.2 Å². The van der Waals surface area contributed by atoms with Crippen molar-refractivity contribution >= 4 is 18.3 Å². The monoisotopic (exact) mass is 402 g/mol. The molecule has 4 aliphatic rings. The highest BCUT2D eigenvalue weighted by Crippen LogP contribution is 2.60. The van der Waals surface area contributed by atoms with Crippen LogP contribution >= 0.6 is 12.4 Å². The van der Waals surface area contributed by atoms with Gasteiger partial charge in [0.1, 0.15) is 0 Å². The largest absolute Gasteiger partial charge is 0.346 e. The van der Waals surface area contributed by atoms with E-state index < -0.39 is 0 Å². The molecule has 4 fully saturated rings. The molecule has 0 saturated heterocycles. The molecule has 2 aromatic rings. The number of nitrogens with zero attached hydrogens (tertiary/aromatic N) is 4. The van der Waals surface area contributed by atoms with Crippen LogP contribution < -0.4 is 11.1 Å². The van der Waals surface area contributed by atoms with E-state index in [1.807, 2.05) is 36.0 Å². The van der Waals surface area contributed by atoms with Crippen LogP contribution in [0.3, 0.4) is 0 Å². The summed E-state index contributed by atoms with van der Waals surface area (Å²) in [5.41, 5.74) is 7.15. The number of aryl methyl sites for hydroxylation is 1. The summed E-state index contributed by atoms with van der Waals surface area (Å²) in [6.07, 6.45) is 6.48. The minimum absolute atomic E-state index is 0. The molecule has 4 bridgehead atoms. The smallest absolute Gasteiger partial charge is 0.251 e. The summed E-state index contributed by atoms with van der Waals surface area (Å²) in [4.78, 5) is 14.8. The van der Waals surface area contributed by atoms with E-state index in [9.17, 15) is 4.79 Å². The first kappa shape index (κ1) is 19.3. The average molecular weight is 403 g/mol. The number of nitrogens with two attached hydrogens (primary N) is 1. The Morgan fingerprint density at radius 1 is 1.21 bits per heavy atom. The fraction of sp³-hybridized carbons (Fsp3) is 0.600. The van der Waals surface area contributed by atoms with Crippen LogP contribution in [-0.4, -0.2) is 31.7 Å². The summed E-state index contributed by atoms with van der Waals surface area (Å²) in [6.45, 7) is 2.37. The fourth-order valence-corrected chi connectivity index (χ4v) is 6.18. The van der Waals surface area contributed by atoms with Crippen LogP contribution in [0.1, 0.15) is 60.3 Å². The average Bonchev–Trinajstić information content (AvgIpc) is 3.07. The Hall–Kier alpha value is -1.99. The number of carbonyl (C=O) groups excluding carboxylic acids is 1. The number of rotatable bonds is 4. The number of hydrogen-bond donors (Lipinski definition) is 2. The lowest BCUT2D eigenvalue weighted by molar-refractivity contribution is -0.0811. The molecule has 8 heteroatoms. The van der Waals surface area contributed by atoms with Gasteiger partial charge in [-0.1, -0.05) is 12.1 Å². The third-order valence-electron chi connectivity index (χ3n) is 6.80. The maximum atomic E-state index is 13.0. The van der Waals surface area contributed by atoms with Gasteiger partial charge in [-0.05, 0) is 80.2 Å². The second-order valence-electron chi connectivity index (χ2n) is 8.95. The number of aromatic nitrogens is 4. The van der Waals surface area contributed by atoms with Gasteiger partial charge < -0.3 is 11.1 Å².